The maximum atomic E-state index is 12.9. The molecule has 0 radical (unpaired) electrons. The summed E-state index contributed by atoms with van der Waals surface area (Å²) in [5.74, 6) is 0.846. The fourth-order valence-electron chi connectivity index (χ4n) is 3.53. The number of ether oxygens (including phenoxy) is 1. The van der Waals surface area contributed by atoms with Gasteiger partial charge in [-0.05, 0) is 57.0 Å². The quantitative estimate of drug-likeness (QED) is 0.651. The van der Waals surface area contributed by atoms with E-state index in [4.69, 9.17) is 9.26 Å². The minimum Gasteiger partial charge on any atom is -0.376 e. The summed E-state index contributed by atoms with van der Waals surface area (Å²) in [6.07, 6.45) is 0.761. The summed E-state index contributed by atoms with van der Waals surface area (Å²) in [6.45, 7) is 9.05. The number of aryl methyl sites for hydroxylation is 1. The molecule has 0 atom stereocenters. The lowest BCUT2D eigenvalue weighted by Gasteiger charge is -2.21. The molecule has 3 heterocycles. The van der Waals surface area contributed by atoms with Crippen molar-refractivity contribution in [3.05, 3.63) is 46.1 Å². The molecule has 0 fully saturated rings. The minimum atomic E-state index is -0.159. The van der Waals surface area contributed by atoms with Gasteiger partial charge in [-0.15, -0.1) is 11.3 Å². The highest BCUT2D eigenvalue weighted by molar-refractivity contribution is 7.17. The fourth-order valence-corrected chi connectivity index (χ4v) is 4.71. The van der Waals surface area contributed by atoms with Crippen molar-refractivity contribution in [2.45, 2.75) is 33.8 Å². The van der Waals surface area contributed by atoms with Gasteiger partial charge in [-0.2, -0.15) is 4.98 Å². The van der Waals surface area contributed by atoms with Crippen LogP contribution in [0.4, 0.5) is 10.7 Å². The van der Waals surface area contributed by atoms with Gasteiger partial charge in [-0.1, -0.05) is 5.16 Å². The first-order valence-electron chi connectivity index (χ1n) is 9.80. The van der Waals surface area contributed by atoms with E-state index < -0.39 is 0 Å². The number of nitrogens with one attached hydrogen (secondary N) is 1. The van der Waals surface area contributed by atoms with E-state index in [1.54, 1.807) is 6.92 Å². The Morgan fingerprint density at radius 3 is 2.66 bits per heavy atom. The molecule has 3 aromatic rings. The molecule has 4 rings (SSSR count). The highest BCUT2D eigenvalue weighted by Crippen LogP contribution is 2.42. The highest BCUT2D eigenvalue weighted by atomic mass is 32.1. The van der Waals surface area contributed by atoms with E-state index in [-0.39, 0.29) is 5.91 Å². The van der Waals surface area contributed by atoms with E-state index in [0.29, 0.717) is 30.5 Å². The third kappa shape index (κ3) is 3.90. The van der Waals surface area contributed by atoms with E-state index in [1.807, 2.05) is 24.3 Å². The van der Waals surface area contributed by atoms with Crippen LogP contribution in [0.1, 0.15) is 40.5 Å². The molecule has 152 valence electrons. The molecule has 0 unspecified atom stereocenters. The molecule has 1 aromatic carbocycles. The zero-order chi connectivity index (χ0) is 20.4. The van der Waals surface area contributed by atoms with Gasteiger partial charge in [0.25, 0.3) is 11.8 Å². The van der Waals surface area contributed by atoms with Crippen molar-refractivity contribution in [1.29, 1.82) is 0 Å². The Hall–Kier alpha value is -2.71. The summed E-state index contributed by atoms with van der Waals surface area (Å²) < 4.78 is 11.0. The average molecular weight is 413 g/mol. The summed E-state index contributed by atoms with van der Waals surface area (Å²) in [6, 6.07) is 7.68. The molecule has 0 spiro atoms. The van der Waals surface area contributed by atoms with Crippen molar-refractivity contribution in [3.8, 4) is 11.5 Å². The standard InChI is InChI=1S/C21H24N4O3S/c1-4-25(5-2)15-8-6-14(7-9-15)19(26)23-21-18(20-22-13(3)24-28-20)16-10-11-27-12-17(16)29-21/h6-9H,4-5,10-12H2,1-3H3,(H,23,26). The number of thiophene rings is 1. The number of carbonyl (C=O) groups excluding carboxylic acids is 1. The van der Waals surface area contributed by atoms with Crippen molar-refractivity contribution < 1.29 is 14.1 Å². The summed E-state index contributed by atoms with van der Waals surface area (Å²) in [5.41, 5.74) is 3.66. The van der Waals surface area contributed by atoms with Gasteiger partial charge in [0.1, 0.15) is 5.00 Å². The largest absolute Gasteiger partial charge is 0.376 e. The second-order valence-corrected chi connectivity index (χ2v) is 7.94. The van der Waals surface area contributed by atoms with Gasteiger partial charge >= 0.3 is 0 Å². The van der Waals surface area contributed by atoms with Gasteiger partial charge in [-0.3, -0.25) is 4.79 Å². The number of nitrogens with zero attached hydrogens (tertiary/aromatic N) is 3. The van der Waals surface area contributed by atoms with Crippen molar-refractivity contribution >= 4 is 27.9 Å². The molecule has 0 aliphatic carbocycles. The monoisotopic (exact) mass is 412 g/mol. The highest BCUT2D eigenvalue weighted by Gasteiger charge is 2.27. The molecule has 1 amide bonds. The average Bonchev–Trinajstić information content (AvgIpc) is 3.32. The van der Waals surface area contributed by atoms with Crippen LogP contribution < -0.4 is 10.2 Å². The third-order valence-electron chi connectivity index (χ3n) is 5.05. The first-order valence-corrected chi connectivity index (χ1v) is 10.6. The Morgan fingerprint density at radius 1 is 1.24 bits per heavy atom. The maximum absolute atomic E-state index is 12.9. The number of carbonyl (C=O) groups is 1. The SMILES string of the molecule is CCN(CC)c1ccc(C(=O)Nc2sc3c(c2-c2nc(C)no2)CCOC3)cc1. The molecule has 1 aliphatic rings. The molecule has 1 N–H and O–H groups in total. The van der Waals surface area contributed by atoms with Crippen LogP contribution in [0, 0.1) is 6.92 Å². The second kappa shape index (κ2) is 8.34. The van der Waals surface area contributed by atoms with E-state index in [1.165, 1.54) is 11.3 Å². The molecule has 2 aromatic heterocycles. The number of aromatic nitrogens is 2. The van der Waals surface area contributed by atoms with Crippen LogP contribution in [0.2, 0.25) is 0 Å². The van der Waals surface area contributed by atoms with E-state index in [2.05, 4.69) is 34.2 Å². The van der Waals surface area contributed by atoms with Crippen molar-refractivity contribution in [2.24, 2.45) is 0 Å². The van der Waals surface area contributed by atoms with Crippen LogP contribution in [-0.4, -0.2) is 35.7 Å². The van der Waals surface area contributed by atoms with Crippen LogP contribution in [0.25, 0.3) is 11.5 Å². The number of fused-ring (bicyclic) bond motifs is 1. The number of hydrogen-bond donors (Lipinski definition) is 1. The first-order chi connectivity index (χ1) is 14.1. The number of hydrogen-bond acceptors (Lipinski definition) is 7. The number of benzene rings is 1. The Bertz CT molecular complexity index is 1010. The lowest BCUT2D eigenvalue weighted by molar-refractivity contribution is 0.102. The topological polar surface area (TPSA) is 80.5 Å². The molecular formula is C21H24N4O3S. The smallest absolute Gasteiger partial charge is 0.261 e. The molecule has 0 saturated heterocycles. The van der Waals surface area contributed by atoms with Gasteiger partial charge < -0.3 is 19.5 Å². The van der Waals surface area contributed by atoms with Gasteiger partial charge in [0, 0.05) is 29.2 Å². The van der Waals surface area contributed by atoms with E-state index in [9.17, 15) is 4.79 Å². The number of anilines is 2. The number of rotatable bonds is 6. The van der Waals surface area contributed by atoms with E-state index in [0.717, 1.165) is 46.2 Å². The van der Waals surface area contributed by atoms with Crippen LogP contribution in [0.5, 0.6) is 0 Å². The van der Waals surface area contributed by atoms with Gasteiger partial charge in [0.05, 0.1) is 18.8 Å². The van der Waals surface area contributed by atoms with Crippen LogP contribution >= 0.6 is 11.3 Å². The van der Waals surface area contributed by atoms with Gasteiger partial charge in [0.2, 0.25) is 0 Å². The Labute approximate surface area is 173 Å². The zero-order valence-corrected chi connectivity index (χ0v) is 17.6. The predicted molar refractivity (Wildman–Crippen MR) is 114 cm³/mol. The van der Waals surface area contributed by atoms with Crippen molar-refractivity contribution in [2.75, 3.05) is 29.9 Å². The lowest BCUT2D eigenvalue weighted by Crippen LogP contribution is -2.21. The summed E-state index contributed by atoms with van der Waals surface area (Å²) in [4.78, 5) is 20.6. The van der Waals surface area contributed by atoms with Crippen molar-refractivity contribution in [1.82, 2.24) is 10.1 Å². The molecular weight excluding hydrogens is 388 g/mol. The van der Waals surface area contributed by atoms with Gasteiger partial charge in [0.15, 0.2) is 5.82 Å². The molecule has 8 heteroatoms. The van der Waals surface area contributed by atoms with Crippen molar-refractivity contribution in [3.63, 3.8) is 0 Å². The molecule has 0 bridgehead atoms. The second-order valence-electron chi connectivity index (χ2n) is 6.83. The Balaban J connectivity index is 1.62. The van der Waals surface area contributed by atoms with Crippen LogP contribution in [-0.2, 0) is 17.8 Å². The first kappa shape index (κ1) is 19.6. The third-order valence-corrected chi connectivity index (χ3v) is 6.17. The number of amides is 1. The Morgan fingerprint density at radius 2 is 2.00 bits per heavy atom. The maximum Gasteiger partial charge on any atom is 0.261 e. The summed E-state index contributed by atoms with van der Waals surface area (Å²) in [7, 11) is 0. The zero-order valence-electron chi connectivity index (χ0n) is 16.8. The van der Waals surface area contributed by atoms with Crippen LogP contribution in [0.3, 0.4) is 0 Å². The normalized spacial score (nSPS) is 13.2. The minimum absolute atomic E-state index is 0.159. The molecule has 0 saturated carbocycles. The Kier molecular flexibility index (Phi) is 5.64. The summed E-state index contributed by atoms with van der Waals surface area (Å²) in [5, 5.41) is 7.69. The molecule has 1 aliphatic heterocycles. The fraction of sp³-hybridized carbons (Fsp3) is 0.381. The predicted octanol–water partition coefficient (Wildman–Crippen LogP) is 4.28. The van der Waals surface area contributed by atoms with Crippen LogP contribution in [0.15, 0.2) is 28.8 Å². The summed E-state index contributed by atoms with van der Waals surface area (Å²) >= 11 is 1.51. The molecule has 29 heavy (non-hydrogen) atoms. The van der Waals surface area contributed by atoms with E-state index >= 15 is 0 Å². The lowest BCUT2D eigenvalue weighted by atomic mass is 10.1. The molecule has 7 nitrogen and oxygen atoms in total. The van der Waals surface area contributed by atoms with Gasteiger partial charge in [-0.25, -0.2) is 0 Å².